The molecule has 138 valence electrons. The fourth-order valence-electron chi connectivity index (χ4n) is 2.63. The number of nitrogens with zero attached hydrogens (tertiary/aromatic N) is 5. The Balaban J connectivity index is 1.44. The van der Waals surface area contributed by atoms with Crippen LogP contribution in [0, 0.1) is 0 Å². The molecule has 1 amide bonds. The summed E-state index contributed by atoms with van der Waals surface area (Å²) in [5.74, 6) is 1.07. The summed E-state index contributed by atoms with van der Waals surface area (Å²) >= 11 is 2.89. The normalized spacial score (nSPS) is 11.1. The van der Waals surface area contributed by atoms with Crippen LogP contribution in [0.1, 0.15) is 12.7 Å². The van der Waals surface area contributed by atoms with Gasteiger partial charge in [0.2, 0.25) is 5.91 Å². The van der Waals surface area contributed by atoms with Gasteiger partial charge < -0.3 is 8.98 Å². The van der Waals surface area contributed by atoms with E-state index in [2.05, 4.69) is 15.2 Å². The van der Waals surface area contributed by atoms with Gasteiger partial charge in [-0.05, 0) is 31.2 Å². The largest absolute Gasteiger partial charge is 0.467 e. The maximum absolute atomic E-state index is 12.8. The zero-order chi connectivity index (χ0) is 18.6. The zero-order valence-corrected chi connectivity index (χ0v) is 16.2. The molecule has 3 aromatic heterocycles. The van der Waals surface area contributed by atoms with Crippen LogP contribution in [0.15, 0.2) is 58.6 Å². The summed E-state index contributed by atoms with van der Waals surface area (Å²) in [5, 5.41) is 9.46. The minimum Gasteiger partial charge on any atom is -0.467 e. The molecule has 0 fully saturated rings. The Morgan fingerprint density at radius 2 is 2.19 bits per heavy atom. The second-order valence-corrected chi connectivity index (χ2v) is 7.66. The van der Waals surface area contributed by atoms with E-state index in [-0.39, 0.29) is 11.7 Å². The molecule has 4 rings (SSSR count). The van der Waals surface area contributed by atoms with E-state index in [0.29, 0.717) is 18.2 Å². The SMILES string of the molecule is CCN(C(=O)CSc1nncn1Cc1ccco1)c1nc2ccccc2s1. The average Bonchev–Trinajstić information content (AvgIpc) is 3.42. The minimum absolute atomic E-state index is 0.00546. The molecule has 4 aromatic rings. The van der Waals surface area contributed by atoms with Gasteiger partial charge in [0.25, 0.3) is 0 Å². The minimum atomic E-state index is -0.00546. The van der Waals surface area contributed by atoms with Gasteiger partial charge in [-0.25, -0.2) is 4.98 Å². The molecule has 1 aromatic carbocycles. The van der Waals surface area contributed by atoms with Gasteiger partial charge in [-0.2, -0.15) is 0 Å². The second-order valence-electron chi connectivity index (χ2n) is 5.71. The number of hydrogen-bond donors (Lipinski definition) is 0. The van der Waals surface area contributed by atoms with E-state index in [1.807, 2.05) is 47.9 Å². The van der Waals surface area contributed by atoms with E-state index in [0.717, 1.165) is 21.1 Å². The van der Waals surface area contributed by atoms with Crippen LogP contribution in [0.4, 0.5) is 5.13 Å². The highest BCUT2D eigenvalue weighted by Crippen LogP contribution is 2.29. The third-order valence-electron chi connectivity index (χ3n) is 3.94. The molecule has 0 atom stereocenters. The first-order valence-electron chi connectivity index (χ1n) is 8.43. The van der Waals surface area contributed by atoms with E-state index >= 15 is 0 Å². The van der Waals surface area contributed by atoms with Crippen LogP contribution in [0.25, 0.3) is 10.2 Å². The molecule has 9 heteroatoms. The number of para-hydroxylation sites is 1. The lowest BCUT2D eigenvalue weighted by Gasteiger charge is -2.17. The Morgan fingerprint density at radius 1 is 1.30 bits per heavy atom. The lowest BCUT2D eigenvalue weighted by molar-refractivity contribution is -0.116. The average molecular weight is 400 g/mol. The fraction of sp³-hybridized carbons (Fsp3) is 0.222. The molecule has 0 N–H and O–H groups in total. The van der Waals surface area contributed by atoms with Gasteiger partial charge in [0, 0.05) is 6.54 Å². The number of carbonyl (C=O) groups is 1. The third-order valence-corrected chi connectivity index (χ3v) is 5.97. The summed E-state index contributed by atoms with van der Waals surface area (Å²) in [6.45, 7) is 3.05. The summed E-state index contributed by atoms with van der Waals surface area (Å²) in [4.78, 5) is 19.1. The Kier molecular flexibility index (Phi) is 5.21. The maximum atomic E-state index is 12.8. The molecule has 0 bridgehead atoms. The monoisotopic (exact) mass is 399 g/mol. The lowest BCUT2D eigenvalue weighted by atomic mass is 10.3. The fourth-order valence-corrected chi connectivity index (χ4v) is 4.47. The first kappa shape index (κ1) is 17.7. The highest BCUT2D eigenvalue weighted by molar-refractivity contribution is 7.99. The van der Waals surface area contributed by atoms with Gasteiger partial charge in [-0.15, -0.1) is 10.2 Å². The molecule has 0 spiro atoms. The summed E-state index contributed by atoms with van der Waals surface area (Å²) in [7, 11) is 0. The van der Waals surface area contributed by atoms with E-state index in [1.54, 1.807) is 17.5 Å². The van der Waals surface area contributed by atoms with Gasteiger partial charge in [0.15, 0.2) is 10.3 Å². The summed E-state index contributed by atoms with van der Waals surface area (Å²) < 4.78 is 8.30. The van der Waals surface area contributed by atoms with Crippen LogP contribution >= 0.6 is 23.1 Å². The van der Waals surface area contributed by atoms with Crippen molar-refractivity contribution in [2.75, 3.05) is 17.2 Å². The van der Waals surface area contributed by atoms with E-state index in [9.17, 15) is 4.79 Å². The Bertz CT molecular complexity index is 1010. The van der Waals surface area contributed by atoms with Crippen molar-refractivity contribution in [1.82, 2.24) is 19.7 Å². The molecular weight excluding hydrogens is 382 g/mol. The van der Waals surface area contributed by atoms with Crippen molar-refractivity contribution in [3.8, 4) is 0 Å². The molecule has 7 nitrogen and oxygen atoms in total. The lowest BCUT2D eigenvalue weighted by Crippen LogP contribution is -2.32. The van der Waals surface area contributed by atoms with Gasteiger partial charge >= 0.3 is 0 Å². The smallest absolute Gasteiger partial charge is 0.239 e. The van der Waals surface area contributed by atoms with Gasteiger partial charge in [-0.1, -0.05) is 35.2 Å². The van der Waals surface area contributed by atoms with E-state index in [4.69, 9.17) is 4.42 Å². The molecule has 0 aliphatic rings. The number of benzene rings is 1. The van der Waals surface area contributed by atoms with Crippen molar-refractivity contribution in [2.45, 2.75) is 18.6 Å². The maximum Gasteiger partial charge on any atom is 0.239 e. The van der Waals surface area contributed by atoms with Crippen LogP contribution in [0.5, 0.6) is 0 Å². The Labute approximate surface area is 164 Å². The molecule has 0 saturated carbocycles. The van der Waals surface area contributed by atoms with Gasteiger partial charge in [0.1, 0.15) is 12.1 Å². The second kappa shape index (κ2) is 7.93. The number of thioether (sulfide) groups is 1. The van der Waals surface area contributed by atoms with Crippen molar-refractivity contribution in [1.29, 1.82) is 0 Å². The predicted octanol–water partition coefficient (Wildman–Crippen LogP) is 3.67. The highest BCUT2D eigenvalue weighted by atomic mass is 32.2. The first-order valence-corrected chi connectivity index (χ1v) is 10.2. The number of fused-ring (bicyclic) bond motifs is 1. The Morgan fingerprint density at radius 3 is 2.96 bits per heavy atom. The predicted molar refractivity (Wildman–Crippen MR) is 106 cm³/mol. The number of thiazole rings is 1. The van der Waals surface area contributed by atoms with Gasteiger partial charge in [-0.3, -0.25) is 9.69 Å². The summed E-state index contributed by atoms with van der Waals surface area (Å²) in [6.07, 6.45) is 3.27. The molecule has 0 unspecified atom stereocenters. The van der Waals surface area contributed by atoms with Crippen LogP contribution in [0.2, 0.25) is 0 Å². The van der Waals surface area contributed by atoms with Crippen molar-refractivity contribution < 1.29 is 9.21 Å². The summed E-state index contributed by atoms with van der Waals surface area (Å²) in [5.41, 5.74) is 0.912. The Hall–Kier alpha value is -2.65. The highest BCUT2D eigenvalue weighted by Gasteiger charge is 2.19. The van der Waals surface area contributed by atoms with Crippen LogP contribution in [-0.4, -0.2) is 38.0 Å². The van der Waals surface area contributed by atoms with Crippen molar-refractivity contribution in [3.05, 3.63) is 54.7 Å². The van der Waals surface area contributed by atoms with Gasteiger partial charge in [0.05, 0.1) is 28.8 Å². The topological polar surface area (TPSA) is 77.0 Å². The first-order chi connectivity index (χ1) is 13.2. The van der Waals surface area contributed by atoms with Crippen LogP contribution in [-0.2, 0) is 11.3 Å². The summed E-state index contributed by atoms with van der Waals surface area (Å²) in [6, 6.07) is 11.6. The number of hydrogen-bond acceptors (Lipinski definition) is 7. The standard InChI is InChI=1S/C18H17N5O2S2/c1-2-23(17-20-14-7-3-4-8-15(14)27-17)16(24)11-26-18-21-19-12-22(18)10-13-6-5-9-25-13/h3-9,12H,2,10-11H2,1H3. The van der Waals surface area contributed by atoms with E-state index in [1.165, 1.54) is 23.1 Å². The molecule has 0 aliphatic carbocycles. The quantitative estimate of drug-likeness (QED) is 0.441. The number of amides is 1. The number of aromatic nitrogens is 4. The third kappa shape index (κ3) is 3.88. The molecule has 27 heavy (non-hydrogen) atoms. The molecule has 0 saturated heterocycles. The van der Waals surface area contributed by atoms with Crippen molar-refractivity contribution >= 4 is 44.4 Å². The molecular formula is C18H17N5O2S2. The number of carbonyl (C=O) groups excluding carboxylic acids is 1. The van der Waals surface area contributed by atoms with Crippen LogP contribution in [0.3, 0.4) is 0 Å². The number of rotatable bonds is 7. The van der Waals surface area contributed by atoms with Crippen molar-refractivity contribution in [2.24, 2.45) is 0 Å². The zero-order valence-electron chi connectivity index (χ0n) is 14.6. The number of anilines is 1. The number of furan rings is 1. The van der Waals surface area contributed by atoms with Crippen molar-refractivity contribution in [3.63, 3.8) is 0 Å². The van der Waals surface area contributed by atoms with E-state index < -0.39 is 0 Å². The molecule has 0 radical (unpaired) electrons. The molecule has 3 heterocycles. The van der Waals surface area contributed by atoms with Crippen LogP contribution < -0.4 is 4.90 Å². The molecule has 0 aliphatic heterocycles.